The average molecular weight is 254 g/mol. The molecule has 2 heteroatoms. The zero-order valence-electron chi connectivity index (χ0n) is 12.9. The van der Waals surface area contributed by atoms with Crippen molar-refractivity contribution in [1.82, 2.24) is 10.2 Å². The van der Waals surface area contributed by atoms with Crippen LogP contribution >= 0.6 is 0 Å². The third-order valence-corrected chi connectivity index (χ3v) is 4.60. The van der Waals surface area contributed by atoms with Gasteiger partial charge in [0.1, 0.15) is 0 Å². The fourth-order valence-corrected chi connectivity index (χ4v) is 3.23. The number of hydrogen-bond donors (Lipinski definition) is 1. The van der Waals surface area contributed by atoms with E-state index in [9.17, 15) is 0 Å². The number of nitrogens with zero attached hydrogens (tertiary/aromatic N) is 1. The second kappa shape index (κ2) is 9.80. The smallest absolute Gasteiger partial charge is 0.00162 e. The van der Waals surface area contributed by atoms with Crippen molar-refractivity contribution in [3.05, 3.63) is 0 Å². The summed E-state index contributed by atoms with van der Waals surface area (Å²) in [7, 11) is 0. The molecule has 2 heterocycles. The van der Waals surface area contributed by atoms with Gasteiger partial charge < -0.3 is 10.2 Å². The molecule has 2 aliphatic heterocycles. The average Bonchev–Trinajstić information content (AvgIpc) is 2.49. The minimum absolute atomic E-state index is 1.03. The van der Waals surface area contributed by atoms with Gasteiger partial charge in [0.15, 0.2) is 0 Å². The van der Waals surface area contributed by atoms with E-state index in [0.29, 0.717) is 0 Å². The Morgan fingerprint density at radius 2 is 1.39 bits per heavy atom. The van der Waals surface area contributed by atoms with Gasteiger partial charge in [-0.15, -0.1) is 0 Å². The number of nitrogens with one attached hydrogen (secondary N) is 1. The molecule has 0 spiro atoms. The molecule has 108 valence electrons. The zero-order valence-corrected chi connectivity index (χ0v) is 12.9. The number of piperidine rings is 2. The van der Waals surface area contributed by atoms with Gasteiger partial charge in [0.05, 0.1) is 0 Å². The monoisotopic (exact) mass is 254 g/mol. The molecule has 2 rings (SSSR count). The van der Waals surface area contributed by atoms with Crippen molar-refractivity contribution in [2.24, 2.45) is 11.8 Å². The summed E-state index contributed by atoms with van der Waals surface area (Å²) in [5.74, 6) is 2.07. The van der Waals surface area contributed by atoms with Crippen molar-refractivity contribution in [3.63, 3.8) is 0 Å². The summed E-state index contributed by atoms with van der Waals surface area (Å²) in [5, 5.41) is 3.46. The minimum Gasteiger partial charge on any atom is -0.317 e. The Kier molecular flexibility index (Phi) is 8.70. The second-order valence-electron chi connectivity index (χ2n) is 5.65. The molecule has 0 aromatic carbocycles. The molecule has 0 bridgehead atoms. The van der Waals surface area contributed by atoms with Crippen LogP contribution in [0, 0.1) is 11.8 Å². The maximum absolute atomic E-state index is 3.46. The van der Waals surface area contributed by atoms with Crippen molar-refractivity contribution in [1.29, 1.82) is 0 Å². The molecule has 0 atom stereocenters. The van der Waals surface area contributed by atoms with Gasteiger partial charge in [0.25, 0.3) is 0 Å². The van der Waals surface area contributed by atoms with Crippen LogP contribution in [0.3, 0.4) is 0 Å². The van der Waals surface area contributed by atoms with Crippen LogP contribution in [-0.4, -0.2) is 37.6 Å². The topological polar surface area (TPSA) is 15.3 Å². The van der Waals surface area contributed by atoms with Crippen LogP contribution < -0.4 is 5.32 Å². The highest BCUT2D eigenvalue weighted by Gasteiger charge is 2.20. The number of hydrogen-bond acceptors (Lipinski definition) is 2. The van der Waals surface area contributed by atoms with Crippen LogP contribution in [0.15, 0.2) is 0 Å². The first-order valence-electron chi connectivity index (χ1n) is 8.31. The molecule has 0 aromatic rings. The molecule has 2 fully saturated rings. The molecule has 2 aliphatic rings. The molecule has 2 saturated heterocycles. The first-order chi connectivity index (χ1) is 8.88. The molecule has 0 saturated carbocycles. The van der Waals surface area contributed by atoms with Crippen LogP contribution in [0.5, 0.6) is 0 Å². The van der Waals surface area contributed by atoms with Crippen molar-refractivity contribution in [2.45, 2.75) is 59.3 Å². The van der Waals surface area contributed by atoms with Gasteiger partial charge in [0.2, 0.25) is 0 Å². The molecule has 0 aromatic heterocycles. The summed E-state index contributed by atoms with van der Waals surface area (Å²) in [6, 6.07) is 0. The Hall–Kier alpha value is -0.0800. The standard InChI is InChI=1S/C14H28N2.C2H6/c1-2-16-11-7-14(8-12-16)4-3-13-5-9-15-10-6-13;1-2/h13-15H,2-12H2,1H3;1-2H3. The van der Waals surface area contributed by atoms with E-state index in [-0.39, 0.29) is 0 Å². The molecule has 18 heavy (non-hydrogen) atoms. The van der Waals surface area contributed by atoms with Gasteiger partial charge in [-0.25, -0.2) is 0 Å². The Bertz CT molecular complexity index is 180. The van der Waals surface area contributed by atoms with Crippen LogP contribution in [-0.2, 0) is 0 Å². The predicted octanol–water partition coefficient (Wildman–Crippen LogP) is 3.52. The highest BCUT2D eigenvalue weighted by molar-refractivity contribution is 4.74. The highest BCUT2D eigenvalue weighted by Crippen LogP contribution is 2.26. The first kappa shape index (κ1) is 16.0. The van der Waals surface area contributed by atoms with Gasteiger partial charge >= 0.3 is 0 Å². The summed E-state index contributed by atoms with van der Waals surface area (Å²) in [5.41, 5.74) is 0. The number of likely N-dealkylation sites (tertiary alicyclic amines) is 1. The van der Waals surface area contributed by atoms with Gasteiger partial charge in [-0.3, -0.25) is 0 Å². The van der Waals surface area contributed by atoms with Crippen LogP contribution in [0.25, 0.3) is 0 Å². The highest BCUT2D eigenvalue weighted by atomic mass is 15.1. The van der Waals surface area contributed by atoms with E-state index >= 15 is 0 Å². The summed E-state index contributed by atoms with van der Waals surface area (Å²) in [6.07, 6.45) is 8.76. The lowest BCUT2D eigenvalue weighted by molar-refractivity contribution is 0.177. The van der Waals surface area contributed by atoms with E-state index in [4.69, 9.17) is 0 Å². The molecule has 1 N–H and O–H groups in total. The first-order valence-corrected chi connectivity index (χ1v) is 8.31. The molecular formula is C16H34N2. The lowest BCUT2D eigenvalue weighted by Crippen LogP contribution is -2.34. The number of rotatable bonds is 4. The van der Waals surface area contributed by atoms with E-state index in [2.05, 4.69) is 17.1 Å². The van der Waals surface area contributed by atoms with Crippen molar-refractivity contribution in [2.75, 3.05) is 32.7 Å². The fraction of sp³-hybridized carbons (Fsp3) is 1.00. The third-order valence-electron chi connectivity index (χ3n) is 4.60. The Balaban J connectivity index is 0.000000771. The Morgan fingerprint density at radius 3 is 1.89 bits per heavy atom. The molecule has 0 unspecified atom stereocenters. The maximum Gasteiger partial charge on any atom is -0.00162 e. The summed E-state index contributed by atoms with van der Waals surface area (Å²) < 4.78 is 0. The van der Waals surface area contributed by atoms with E-state index in [1.807, 2.05) is 13.8 Å². The lowest BCUT2D eigenvalue weighted by Gasteiger charge is -2.32. The molecular weight excluding hydrogens is 220 g/mol. The predicted molar refractivity (Wildman–Crippen MR) is 81.0 cm³/mol. The van der Waals surface area contributed by atoms with Gasteiger partial charge in [-0.05, 0) is 70.2 Å². The van der Waals surface area contributed by atoms with Crippen LogP contribution in [0.1, 0.15) is 59.3 Å². The van der Waals surface area contributed by atoms with Gasteiger partial charge in [-0.1, -0.05) is 33.6 Å². The van der Waals surface area contributed by atoms with E-state index in [1.165, 1.54) is 71.2 Å². The summed E-state index contributed by atoms with van der Waals surface area (Å²) >= 11 is 0. The molecule has 2 nitrogen and oxygen atoms in total. The van der Waals surface area contributed by atoms with Crippen molar-refractivity contribution in [3.8, 4) is 0 Å². The van der Waals surface area contributed by atoms with E-state index < -0.39 is 0 Å². The molecule has 0 aliphatic carbocycles. The zero-order chi connectivity index (χ0) is 13.2. The maximum atomic E-state index is 3.46. The van der Waals surface area contributed by atoms with E-state index in [1.54, 1.807) is 0 Å². The third kappa shape index (κ3) is 5.71. The SMILES string of the molecule is CC.CCN1CCC(CCC2CCNCC2)CC1. The van der Waals surface area contributed by atoms with Crippen LogP contribution in [0.2, 0.25) is 0 Å². The molecule has 0 amide bonds. The summed E-state index contributed by atoms with van der Waals surface area (Å²) in [6.45, 7) is 12.8. The van der Waals surface area contributed by atoms with E-state index in [0.717, 1.165) is 11.8 Å². The molecule has 0 radical (unpaired) electrons. The minimum atomic E-state index is 1.03. The van der Waals surface area contributed by atoms with Crippen molar-refractivity contribution < 1.29 is 0 Å². The quantitative estimate of drug-likeness (QED) is 0.826. The Labute approximate surface area is 115 Å². The van der Waals surface area contributed by atoms with Gasteiger partial charge in [-0.2, -0.15) is 0 Å². The fourth-order valence-electron chi connectivity index (χ4n) is 3.23. The Morgan fingerprint density at radius 1 is 0.889 bits per heavy atom. The lowest BCUT2D eigenvalue weighted by atomic mass is 9.85. The largest absolute Gasteiger partial charge is 0.317 e. The van der Waals surface area contributed by atoms with Crippen molar-refractivity contribution >= 4 is 0 Å². The second-order valence-corrected chi connectivity index (χ2v) is 5.65. The van der Waals surface area contributed by atoms with Gasteiger partial charge in [0, 0.05) is 0 Å². The van der Waals surface area contributed by atoms with Crippen LogP contribution in [0.4, 0.5) is 0 Å². The summed E-state index contributed by atoms with van der Waals surface area (Å²) in [4.78, 5) is 2.60. The normalized spacial score (nSPS) is 23.5.